The van der Waals surface area contributed by atoms with Gasteiger partial charge >= 0.3 is 0 Å². The van der Waals surface area contributed by atoms with E-state index in [1.165, 1.54) is 19.3 Å². The SMILES string of the molecule is CC1CCC(NC2CCC(=O)N(C)C2)C1. The summed E-state index contributed by atoms with van der Waals surface area (Å²) in [6.45, 7) is 3.22. The number of piperidine rings is 1. The van der Waals surface area contributed by atoms with Crippen molar-refractivity contribution in [3.8, 4) is 0 Å². The van der Waals surface area contributed by atoms with Gasteiger partial charge in [0.15, 0.2) is 0 Å². The van der Waals surface area contributed by atoms with Gasteiger partial charge in [0.1, 0.15) is 0 Å². The van der Waals surface area contributed by atoms with Gasteiger partial charge in [-0.2, -0.15) is 0 Å². The third kappa shape index (κ3) is 2.71. The lowest BCUT2D eigenvalue weighted by atomic mass is 10.0. The zero-order valence-electron chi connectivity index (χ0n) is 9.83. The van der Waals surface area contributed by atoms with Gasteiger partial charge in [0.25, 0.3) is 0 Å². The van der Waals surface area contributed by atoms with Crippen LogP contribution in [0, 0.1) is 5.92 Å². The smallest absolute Gasteiger partial charge is 0.222 e. The quantitative estimate of drug-likeness (QED) is 0.747. The van der Waals surface area contributed by atoms with Crippen molar-refractivity contribution in [3.05, 3.63) is 0 Å². The van der Waals surface area contributed by atoms with Gasteiger partial charge < -0.3 is 10.2 Å². The van der Waals surface area contributed by atoms with Crippen molar-refractivity contribution in [3.63, 3.8) is 0 Å². The predicted molar refractivity (Wildman–Crippen MR) is 60.6 cm³/mol. The Morgan fingerprint density at radius 2 is 2.07 bits per heavy atom. The van der Waals surface area contributed by atoms with Crippen molar-refractivity contribution < 1.29 is 4.79 Å². The average molecular weight is 210 g/mol. The summed E-state index contributed by atoms with van der Waals surface area (Å²) in [7, 11) is 1.91. The topological polar surface area (TPSA) is 32.3 Å². The monoisotopic (exact) mass is 210 g/mol. The number of nitrogens with zero attached hydrogens (tertiary/aromatic N) is 1. The van der Waals surface area contributed by atoms with Gasteiger partial charge in [-0.3, -0.25) is 4.79 Å². The Morgan fingerprint density at radius 3 is 2.67 bits per heavy atom. The molecule has 0 radical (unpaired) electrons. The van der Waals surface area contributed by atoms with Gasteiger partial charge in [-0.1, -0.05) is 6.92 Å². The van der Waals surface area contributed by atoms with E-state index < -0.39 is 0 Å². The van der Waals surface area contributed by atoms with Crippen molar-refractivity contribution in [1.82, 2.24) is 10.2 Å². The van der Waals surface area contributed by atoms with E-state index in [1.807, 2.05) is 11.9 Å². The molecule has 0 aromatic heterocycles. The van der Waals surface area contributed by atoms with E-state index in [-0.39, 0.29) is 0 Å². The Bertz CT molecular complexity index is 242. The van der Waals surface area contributed by atoms with Crippen LogP contribution in [-0.4, -0.2) is 36.5 Å². The van der Waals surface area contributed by atoms with E-state index in [2.05, 4.69) is 12.2 Å². The minimum atomic E-state index is 0.299. The second-order valence-electron chi connectivity index (χ2n) is 5.29. The molecule has 3 atom stereocenters. The lowest BCUT2D eigenvalue weighted by Crippen LogP contribution is -2.49. The number of likely N-dealkylation sites (N-methyl/N-ethyl adjacent to an activating group) is 1. The molecule has 1 saturated heterocycles. The highest BCUT2D eigenvalue weighted by Crippen LogP contribution is 2.25. The molecule has 2 aliphatic rings. The van der Waals surface area contributed by atoms with Crippen LogP contribution in [-0.2, 0) is 4.79 Å². The molecule has 1 aliphatic carbocycles. The molecule has 86 valence electrons. The fourth-order valence-electron chi connectivity index (χ4n) is 2.84. The number of hydrogen-bond acceptors (Lipinski definition) is 2. The lowest BCUT2D eigenvalue weighted by Gasteiger charge is -2.32. The molecule has 3 heteroatoms. The van der Waals surface area contributed by atoms with Crippen molar-refractivity contribution in [1.29, 1.82) is 0 Å². The van der Waals surface area contributed by atoms with Gasteiger partial charge in [0.05, 0.1) is 0 Å². The molecular weight excluding hydrogens is 188 g/mol. The second kappa shape index (κ2) is 4.52. The first kappa shape index (κ1) is 10.9. The van der Waals surface area contributed by atoms with Gasteiger partial charge in [-0.25, -0.2) is 0 Å². The molecule has 0 aromatic carbocycles. The summed E-state index contributed by atoms with van der Waals surface area (Å²) in [5, 5.41) is 3.71. The zero-order valence-corrected chi connectivity index (χ0v) is 9.83. The van der Waals surface area contributed by atoms with Gasteiger partial charge in [0.2, 0.25) is 5.91 Å². The third-order valence-electron chi connectivity index (χ3n) is 3.79. The largest absolute Gasteiger partial charge is 0.344 e. The van der Waals surface area contributed by atoms with Crippen molar-refractivity contribution in [2.24, 2.45) is 5.92 Å². The maximum absolute atomic E-state index is 11.3. The lowest BCUT2D eigenvalue weighted by molar-refractivity contribution is -0.132. The number of carbonyl (C=O) groups excluding carboxylic acids is 1. The molecule has 1 amide bonds. The van der Waals surface area contributed by atoms with Crippen LogP contribution in [0.3, 0.4) is 0 Å². The predicted octanol–water partition coefficient (Wildman–Crippen LogP) is 1.39. The molecule has 15 heavy (non-hydrogen) atoms. The molecule has 3 nitrogen and oxygen atoms in total. The highest BCUT2D eigenvalue weighted by Gasteiger charge is 2.27. The molecule has 3 unspecified atom stereocenters. The first-order valence-corrected chi connectivity index (χ1v) is 6.15. The van der Waals surface area contributed by atoms with E-state index in [9.17, 15) is 4.79 Å². The summed E-state index contributed by atoms with van der Waals surface area (Å²) in [6, 6.07) is 1.23. The minimum Gasteiger partial charge on any atom is -0.344 e. The average Bonchev–Trinajstić information content (AvgIpc) is 2.58. The normalized spacial score (nSPS) is 37.3. The first-order chi connectivity index (χ1) is 7.15. The first-order valence-electron chi connectivity index (χ1n) is 6.15. The number of rotatable bonds is 2. The van der Waals surface area contributed by atoms with Gasteiger partial charge in [0, 0.05) is 32.1 Å². The van der Waals surface area contributed by atoms with Crippen molar-refractivity contribution in [2.45, 2.75) is 51.1 Å². The molecule has 1 saturated carbocycles. The Balaban J connectivity index is 1.78. The molecular formula is C12H22N2O. The summed E-state index contributed by atoms with van der Waals surface area (Å²) >= 11 is 0. The highest BCUT2D eigenvalue weighted by molar-refractivity contribution is 5.76. The second-order valence-corrected chi connectivity index (χ2v) is 5.29. The maximum atomic E-state index is 11.3. The minimum absolute atomic E-state index is 0.299. The van der Waals surface area contributed by atoms with Crippen LogP contribution < -0.4 is 5.32 Å². The zero-order chi connectivity index (χ0) is 10.8. The third-order valence-corrected chi connectivity index (χ3v) is 3.79. The van der Waals surface area contributed by atoms with Crippen molar-refractivity contribution >= 4 is 5.91 Å². The molecule has 1 aliphatic heterocycles. The Hall–Kier alpha value is -0.570. The van der Waals surface area contributed by atoms with Gasteiger partial charge in [-0.15, -0.1) is 0 Å². The Kier molecular flexibility index (Phi) is 3.29. The van der Waals surface area contributed by atoms with Crippen LogP contribution in [0.25, 0.3) is 0 Å². The van der Waals surface area contributed by atoms with Crippen LogP contribution >= 0.6 is 0 Å². The van der Waals surface area contributed by atoms with Crippen LogP contribution in [0.15, 0.2) is 0 Å². The van der Waals surface area contributed by atoms with Crippen LogP contribution in [0.2, 0.25) is 0 Å². The number of likely N-dealkylation sites (tertiary alicyclic amines) is 1. The number of carbonyl (C=O) groups is 1. The van der Waals surface area contributed by atoms with E-state index in [0.717, 1.165) is 25.3 Å². The summed E-state index contributed by atoms with van der Waals surface area (Å²) in [4.78, 5) is 13.2. The van der Waals surface area contributed by atoms with E-state index in [4.69, 9.17) is 0 Å². The summed E-state index contributed by atoms with van der Waals surface area (Å²) in [5.74, 6) is 1.18. The standard InChI is InChI=1S/C12H22N2O/c1-9-3-4-10(7-9)13-11-5-6-12(15)14(2)8-11/h9-11,13H,3-8H2,1-2H3. The highest BCUT2D eigenvalue weighted by atomic mass is 16.2. The maximum Gasteiger partial charge on any atom is 0.222 e. The summed E-state index contributed by atoms with van der Waals surface area (Å²) < 4.78 is 0. The Labute approximate surface area is 92.2 Å². The van der Waals surface area contributed by atoms with Crippen LogP contribution in [0.5, 0.6) is 0 Å². The number of nitrogens with one attached hydrogen (secondary N) is 1. The number of amides is 1. The molecule has 0 aromatic rings. The van der Waals surface area contributed by atoms with Crippen molar-refractivity contribution in [2.75, 3.05) is 13.6 Å². The summed E-state index contributed by atoms with van der Waals surface area (Å²) in [5.41, 5.74) is 0. The molecule has 1 heterocycles. The van der Waals surface area contributed by atoms with Crippen LogP contribution in [0.4, 0.5) is 0 Å². The van der Waals surface area contributed by atoms with E-state index in [1.54, 1.807) is 0 Å². The number of hydrogen-bond donors (Lipinski definition) is 1. The molecule has 2 fully saturated rings. The molecule has 0 bridgehead atoms. The van der Waals surface area contributed by atoms with Gasteiger partial charge in [-0.05, 0) is 31.6 Å². The molecule has 0 spiro atoms. The fourth-order valence-corrected chi connectivity index (χ4v) is 2.84. The Morgan fingerprint density at radius 1 is 1.27 bits per heavy atom. The summed E-state index contributed by atoms with van der Waals surface area (Å²) in [6.07, 6.45) is 5.73. The van der Waals surface area contributed by atoms with Crippen LogP contribution in [0.1, 0.15) is 39.0 Å². The molecule has 1 N–H and O–H groups in total. The fraction of sp³-hybridized carbons (Fsp3) is 0.917. The van der Waals surface area contributed by atoms with E-state index in [0.29, 0.717) is 18.0 Å². The molecule has 2 rings (SSSR count). The van der Waals surface area contributed by atoms with E-state index >= 15 is 0 Å².